The van der Waals surface area contributed by atoms with Crippen molar-refractivity contribution in [2.24, 2.45) is 5.92 Å². The SMILES string of the molecule is CC(C(=O)O)C1(O)CCN(c2ccccc2)CC1. The third-order valence-electron chi connectivity index (χ3n) is 3.93. The summed E-state index contributed by atoms with van der Waals surface area (Å²) in [5.74, 6) is -1.64. The van der Waals surface area contributed by atoms with Crippen molar-refractivity contribution in [1.82, 2.24) is 0 Å². The van der Waals surface area contributed by atoms with Crippen LogP contribution in [0.2, 0.25) is 0 Å². The molecule has 1 heterocycles. The molecule has 2 rings (SSSR count). The largest absolute Gasteiger partial charge is 0.481 e. The summed E-state index contributed by atoms with van der Waals surface area (Å²) in [4.78, 5) is 13.2. The highest BCUT2D eigenvalue weighted by atomic mass is 16.4. The summed E-state index contributed by atoms with van der Waals surface area (Å²) in [7, 11) is 0. The first-order valence-corrected chi connectivity index (χ1v) is 6.28. The highest BCUT2D eigenvalue weighted by Crippen LogP contribution is 2.32. The Morgan fingerprint density at radius 1 is 1.28 bits per heavy atom. The molecule has 1 unspecified atom stereocenters. The molecule has 18 heavy (non-hydrogen) atoms. The average Bonchev–Trinajstić information content (AvgIpc) is 2.39. The monoisotopic (exact) mass is 249 g/mol. The lowest BCUT2D eigenvalue weighted by molar-refractivity contribution is -0.152. The van der Waals surface area contributed by atoms with Crippen molar-refractivity contribution < 1.29 is 15.0 Å². The standard InChI is InChI=1S/C14H19NO3/c1-11(13(16)17)14(18)7-9-15(10-8-14)12-5-3-2-4-6-12/h2-6,11,18H,7-10H2,1H3,(H,16,17). The van der Waals surface area contributed by atoms with Crippen LogP contribution >= 0.6 is 0 Å². The van der Waals surface area contributed by atoms with Crippen LogP contribution in [-0.4, -0.2) is 34.9 Å². The Morgan fingerprint density at radius 2 is 1.83 bits per heavy atom. The average molecular weight is 249 g/mol. The van der Waals surface area contributed by atoms with Crippen LogP contribution in [0.5, 0.6) is 0 Å². The van der Waals surface area contributed by atoms with Gasteiger partial charge in [-0.2, -0.15) is 0 Å². The Balaban J connectivity index is 2.02. The number of piperidine rings is 1. The predicted molar refractivity (Wildman–Crippen MR) is 69.6 cm³/mol. The highest BCUT2D eigenvalue weighted by Gasteiger charge is 2.40. The molecule has 0 aliphatic carbocycles. The van der Waals surface area contributed by atoms with Gasteiger partial charge in [0.15, 0.2) is 0 Å². The second kappa shape index (κ2) is 4.98. The summed E-state index contributed by atoms with van der Waals surface area (Å²) < 4.78 is 0. The summed E-state index contributed by atoms with van der Waals surface area (Å²) >= 11 is 0. The summed E-state index contributed by atoms with van der Waals surface area (Å²) in [6.45, 7) is 2.97. The van der Waals surface area contributed by atoms with E-state index in [0.717, 1.165) is 5.69 Å². The number of aliphatic hydroxyl groups is 1. The van der Waals surface area contributed by atoms with Crippen LogP contribution in [0.3, 0.4) is 0 Å². The smallest absolute Gasteiger partial charge is 0.309 e. The van der Waals surface area contributed by atoms with Gasteiger partial charge in [0.1, 0.15) is 0 Å². The van der Waals surface area contributed by atoms with Crippen LogP contribution in [0.4, 0.5) is 5.69 Å². The molecule has 1 fully saturated rings. The van der Waals surface area contributed by atoms with E-state index >= 15 is 0 Å². The summed E-state index contributed by atoms with van der Waals surface area (Å²) in [5.41, 5.74) is 0.0550. The van der Waals surface area contributed by atoms with E-state index in [1.165, 1.54) is 0 Å². The fourth-order valence-electron chi connectivity index (χ4n) is 2.45. The number of hydrogen-bond acceptors (Lipinski definition) is 3. The Bertz CT molecular complexity index is 410. The van der Waals surface area contributed by atoms with Crippen LogP contribution in [0.1, 0.15) is 19.8 Å². The van der Waals surface area contributed by atoms with Gasteiger partial charge < -0.3 is 15.1 Å². The molecule has 0 aromatic heterocycles. The Kier molecular flexibility index (Phi) is 3.57. The molecule has 1 aromatic rings. The second-order valence-electron chi connectivity index (χ2n) is 4.99. The maximum Gasteiger partial charge on any atom is 0.309 e. The Morgan fingerprint density at radius 3 is 2.33 bits per heavy atom. The van der Waals surface area contributed by atoms with Crippen molar-refractivity contribution in [3.8, 4) is 0 Å². The second-order valence-corrected chi connectivity index (χ2v) is 4.99. The van der Waals surface area contributed by atoms with E-state index in [9.17, 15) is 9.90 Å². The molecule has 0 radical (unpaired) electrons. The first-order chi connectivity index (χ1) is 8.53. The van der Waals surface area contributed by atoms with Crippen LogP contribution in [-0.2, 0) is 4.79 Å². The third-order valence-corrected chi connectivity index (χ3v) is 3.93. The van der Waals surface area contributed by atoms with Gasteiger partial charge in [-0.1, -0.05) is 18.2 Å². The zero-order valence-electron chi connectivity index (χ0n) is 10.5. The van der Waals surface area contributed by atoms with Gasteiger partial charge in [-0.15, -0.1) is 0 Å². The molecule has 0 amide bonds. The molecule has 1 atom stereocenters. The lowest BCUT2D eigenvalue weighted by Crippen LogP contribution is -2.50. The number of carbonyl (C=O) groups is 1. The van der Waals surface area contributed by atoms with Gasteiger partial charge in [-0.3, -0.25) is 4.79 Å². The molecule has 1 aromatic carbocycles. The van der Waals surface area contributed by atoms with Gasteiger partial charge in [0.2, 0.25) is 0 Å². The van der Waals surface area contributed by atoms with Crippen LogP contribution in [0.15, 0.2) is 30.3 Å². The number of carboxylic acids is 1. The molecule has 4 heteroatoms. The molecule has 0 bridgehead atoms. The molecular formula is C14H19NO3. The molecule has 98 valence electrons. The van der Waals surface area contributed by atoms with Gasteiger partial charge in [0.25, 0.3) is 0 Å². The summed E-state index contributed by atoms with van der Waals surface area (Å²) in [6, 6.07) is 10.00. The predicted octanol–water partition coefficient (Wildman–Crippen LogP) is 1.74. The van der Waals surface area contributed by atoms with E-state index in [1.807, 2.05) is 30.3 Å². The van der Waals surface area contributed by atoms with Crippen LogP contribution in [0, 0.1) is 5.92 Å². The first-order valence-electron chi connectivity index (χ1n) is 6.28. The Hall–Kier alpha value is -1.55. The molecule has 0 saturated carbocycles. The number of aliphatic carboxylic acids is 1. The van der Waals surface area contributed by atoms with Crippen molar-refractivity contribution in [1.29, 1.82) is 0 Å². The highest BCUT2D eigenvalue weighted by molar-refractivity contribution is 5.71. The lowest BCUT2D eigenvalue weighted by atomic mass is 9.80. The van der Waals surface area contributed by atoms with Crippen LogP contribution < -0.4 is 4.90 Å². The van der Waals surface area contributed by atoms with Gasteiger partial charge in [0.05, 0.1) is 11.5 Å². The quantitative estimate of drug-likeness (QED) is 0.856. The maximum absolute atomic E-state index is 11.0. The van der Waals surface area contributed by atoms with Gasteiger partial charge in [-0.05, 0) is 31.9 Å². The lowest BCUT2D eigenvalue weighted by Gasteiger charge is -2.41. The first kappa shape index (κ1) is 12.9. The molecule has 4 nitrogen and oxygen atoms in total. The normalized spacial score (nSPS) is 20.4. The van der Waals surface area contributed by atoms with E-state index in [1.54, 1.807) is 6.92 Å². The molecule has 1 aliphatic rings. The van der Waals surface area contributed by atoms with E-state index in [-0.39, 0.29) is 0 Å². The minimum Gasteiger partial charge on any atom is -0.481 e. The zero-order chi connectivity index (χ0) is 13.2. The van der Waals surface area contributed by atoms with Gasteiger partial charge in [-0.25, -0.2) is 0 Å². The van der Waals surface area contributed by atoms with Gasteiger partial charge in [0, 0.05) is 18.8 Å². The fraction of sp³-hybridized carbons (Fsp3) is 0.500. The molecule has 0 spiro atoms. The molecule has 2 N–H and O–H groups in total. The van der Waals surface area contributed by atoms with E-state index < -0.39 is 17.5 Å². The number of hydrogen-bond donors (Lipinski definition) is 2. The third kappa shape index (κ3) is 2.48. The van der Waals surface area contributed by atoms with Crippen molar-refractivity contribution in [3.05, 3.63) is 30.3 Å². The van der Waals surface area contributed by atoms with E-state index in [4.69, 9.17) is 5.11 Å². The number of benzene rings is 1. The van der Waals surface area contributed by atoms with Crippen molar-refractivity contribution in [2.45, 2.75) is 25.4 Å². The summed E-state index contributed by atoms with van der Waals surface area (Å²) in [6.07, 6.45) is 0.991. The number of nitrogens with zero attached hydrogens (tertiary/aromatic N) is 1. The van der Waals surface area contributed by atoms with Crippen LogP contribution in [0.25, 0.3) is 0 Å². The van der Waals surface area contributed by atoms with Crippen molar-refractivity contribution >= 4 is 11.7 Å². The van der Waals surface area contributed by atoms with Crippen molar-refractivity contribution in [3.63, 3.8) is 0 Å². The number of para-hydroxylation sites is 1. The maximum atomic E-state index is 11.0. The minimum atomic E-state index is -1.07. The molecular weight excluding hydrogens is 230 g/mol. The molecule has 1 saturated heterocycles. The van der Waals surface area contributed by atoms with E-state index in [2.05, 4.69) is 4.90 Å². The molecule has 1 aliphatic heterocycles. The van der Waals surface area contributed by atoms with Gasteiger partial charge >= 0.3 is 5.97 Å². The fourth-order valence-corrected chi connectivity index (χ4v) is 2.45. The Labute approximate surface area is 107 Å². The number of carboxylic acid groups (broad SMARTS) is 1. The number of rotatable bonds is 3. The number of anilines is 1. The van der Waals surface area contributed by atoms with E-state index in [0.29, 0.717) is 25.9 Å². The minimum absolute atomic E-state index is 0.495. The summed E-state index contributed by atoms with van der Waals surface area (Å²) in [5, 5.41) is 19.4. The zero-order valence-corrected chi connectivity index (χ0v) is 10.5. The van der Waals surface area contributed by atoms with Crippen molar-refractivity contribution in [2.75, 3.05) is 18.0 Å². The topological polar surface area (TPSA) is 60.8 Å².